The smallest absolute Gasteiger partial charge is 0.231 e. The number of nitrogens with zero attached hydrogens (tertiary/aromatic N) is 1. The number of halogens is 1. The van der Waals surface area contributed by atoms with E-state index in [0.717, 1.165) is 0 Å². The van der Waals surface area contributed by atoms with E-state index in [4.69, 9.17) is 21.6 Å². The lowest BCUT2D eigenvalue weighted by molar-refractivity contribution is -0.120. The Morgan fingerprint density at radius 3 is 3.00 bits per heavy atom. The maximum atomic E-state index is 12.2. The molecule has 0 aromatic heterocycles. The molecule has 1 amide bonds. The first kappa shape index (κ1) is 13.8. The van der Waals surface area contributed by atoms with Gasteiger partial charge in [0.05, 0.1) is 41.5 Å². The predicted octanol–water partition coefficient (Wildman–Crippen LogP) is 1.38. The molecule has 2 atom stereocenters. The van der Waals surface area contributed by atoms with Crippen molar-refractivity contribution in [2.24, 2.45) is 5.92 Å². The minimum Gasteiger partial charge on any atom is -0.379 e. The highest BCUT2D eigenvalue weighted by atomic mass is 35.5. The molecular weight excluding hydrogens is 266 g/mol. The van der Waals surface area contributed by atoms with E-state index in [0.29, 0.717) is 29.5 Å². The first-order valence-corrected chi connectivity index (χ1v) is 6.29. The monoisotopic (exact) mass is 279 g/mol. The van der Waals surface area contributed by atoms with Crippen LogP contribution in [0.15, 0.2) is 18.2 Å². The van der Waals surface area contributed by atoms with Crippen LogP contribution >= 0.6 is 11.6 Å². The van der Waals surface area contributed by atoms with Crippen LogP contribution in [-0.2, 0) is 9.53 Å². The summed E-state index contributed by atoms with van der Waals surface area (Å²) in [6, 6.07) is 6.77. The molecule has 2 rings (SSSR count). The summed E-state index contributed by atoms with van der Waals surface area (Å²) in [6.07, 6.45) is 0. The van der Waals surface area contributed by atoms with Crippen LogP contribution < -0.4 is 10.6 Å². The Kier molecular flexibility index (Phi) is 4.38. The Labute approximate surface area is 116 Å². The number of rotatable bonds is 3. The van der Waals surface area contributed by atoms with Crippen LogP contribution in [0.25, 0.3) is 0 Å². The van der Waals surface area contributed by atoms with Crippen molar-refractivity contribution in [1.82, 2.24) is 5.32 Å². The van der Waals surface area contributed by atoms with Crippen molar-refractivity contribution in [3.8, 4) is 6.07 Å². The Morgan fingerprint density at radius 2 is 2.32 bits per heavy atom. The SMILES string of the molecule is CNC1COCC1C(=O)Nc1cc(C#N)ccc1Cl. The van der Waals surface area contributed by atoms with Crippen molar-refractivity contribution in [1.29, 1.82) is 5.26 Å². The summed E-state index contributed by atoms with van der Waals surface area (Å²) in [5.41, 5.74) is 0.903. The van der Waals surface area contributed by atoms with E-state index >= 15 is 0 Å². The molecule has 1 saturated heterocycles. The summed E-state index contributed by atoms with van der Waals surface area (Å²) in [7, 11) is 1.79. The summed E-state index contributed by atoms with van der Waals surface area (Å²) in [5, 5.41) is 15.0. The van der Waals surface area contributed by atoms with E-state index < -0.39 is 0 Å². The maximum Gasteiger partial charge on any atom is 0.231 e. The van der Waals surface area contributed by atoms with Crippen LogP contribution in [-0.4, -0.2) is 32.2 Å². The van der Waals surface area contributed by atoms with Gasteiger partial charge in [0.1, 0.15) is 0 Å². The number of anilines is 1. The molecule has 1 aromatic rings. The Hall–Kier alpha value is -1.61. The van der Waals surface area contributed by atoms with Gasteiger partial charge in [0.2, 0.25) is 5.91 Å². The van der Waals surface area contributed by atoms with Gasteiger partial charge < -0.3 is 15.4 Å². The zero-order valence-electron chi connectivity index (χ0n) is 10.4. The highest BCUT2D eigenvalue weighted by Gasteiger charge is 2.33. The first-order chi connectivity index (χ1) is 9.15. The number of benzene rings is 1. The summed E-state index contributed by atoms with van der Waals surface area (Å²) in [4.78, 5) is 12.2. The summed E-state index contributed by atoms with van der Waals surface area (Å²) in [6.45, 7) is 0.896. The van der Waals surface area contributed by atoms with Crippen molar-refractivity contribution >= 4 is 23.2 Å². The van der Waals surface area contributed by atoms with E-state index in [-0.39, 0.29) is 17.9 Å². The second kappa shape index (κ2) is 6.02. The van der Waals surface area contributed by atoms with Crippen LogP contribution in [0, 0.1) is 17.2 Å². The lowest BCUT2D eigenvalue weighted by Gasteiger charge is -2.17. The fourth-order valence-corrected chi connectivity index (χ4v) is 2.18. The van der Waals surface area contributed by atoms with Gasteiger partial charge >= 0.3 is 0 Å². The molecule has 2 unspecified atom stereocenters. The van der Waals surface area contributed by atoms with E-state index in [9.17, 15) is 4.79 Å². The standard InChI is InChI=1S/C13H14ClN3O2/c1-16-12-7-19-6-9(12)13(18)17-11-4-8(5-15)2-3-10(11)14/h2-4,9,12,16H,6-7H2,1H3,(H,17,18). The number of nitriles is 1. The highest BCUT2D eigenvalue weighted by Crippen LogP contribution is 2.24. The summed E-state index contributed by atoms with van der Waals surface area (Å²) >= 11 is 6.00. The molecule has 1 fully saturated rings. The molecule has 6 heteroatoms. The molecule has 0 saturated carbocycles. The predicted molar refractivity (Wildman–Crippen MR) is 72.0 cm³/mol. The molecule has 0 bridgehead atoms. The lowest BCUT2D eigenvalue weighted by atomic mass is 10.0. The number of carbonyl (C=O) groups excluding carboxylic acids is 1. The first-order valence-electron chi connectivity index (χ1n) is 5.91. The van der Waals surface area contributed by atoms with Gasteiger partial charge in [-0.15, -0.1) is 0 Å². The molecular formula is C13H14ClN3O2. The molecule has 1 aliphatic heterocycles. The van der Waals surface area contributed by atoms with Crippen LogP contribution in [0.4, 0.5) is 5.69 Å². The van der Waals surface area contributed by atoms with Crippen LogP contribution in [0.3, 0.4) is 0 Å². The van der Waals surface area contributed by atoms with Crippen LogP contribution in [0.5, 0.6) is 0 Å². The third-order valence-electron chi connectivity index (χ3n) is 3.14. The van der Waals surface area contributed by atoms with Crippen LogP contribution in [0.2, 0.25) is 5.02 Å². The molecule has 2 N–H and O–H groups in total. The number of hydrogen-bond acceptors (Lipinski definition) is 4. The molecule has 0 radical (unpaired) electrons. The number of ether oxygens (including phenoxy) is 1. The fraction of sp³-hybridized carbons (Fsp3) is 0.385. The molecule has 1 aliphatic rings. The maximum absolute atomic E-state index is 12.2. The van der Waals surface area contributed by atoms with E-state index in [1.807, 2.05) is 6.07 Å². The van der Waals surface area contributed by atoms with E-state index in [2.05, 4.69) is 10.6 Å². The van der Waals surface area contributed by atoms with Crippen molar-refractivity contribution in [2.45, 2.75) is 6.04 Å². The van der Waals surface area contributed by atoms with Gasteiger partial charge in [0.15, 0.2) is 0 Å². The number of hydrogen-bond donors (Lipinski definition) is 2. The minimum atomic E-state index is -0.258. The van der Waals surface area contributed by atoms with Gasteiger partial charge in [0, 0.05) is 6.04 Å². The molecule has 0 aliphatic carbocycles. The highest BCUT2D eigenvalue weighted by molar-refractivity contribution is 6.33. The van der Waals surface area contributed by atoms with Crippen molar-refractivity contribution in [2.75, 3.05) is 25.6 Å². The zero-order valence-corrected chi connectivity index (χ0v) is 11.2. The summed E-state index contributed by atoms with van der Waals surface area (Å²) in [5.74, 6) is -0.416. The van der Waals surface area contributed by atoms with Gasteiger partial charge in [-0.1, -0.05) is 11.6 Å². The van der Waals surface area contributed by atoms with Gasteiger partial charge in [-0.25, -0.2) is 0 Å². The molecule has 100 valence electrons. The van der Waals surface area contributed by atoms with Gasteiger partial charge in [-0.05, 0) is 25.2 Å². The average Bonchev–Trinajstić information content (AvgIpc) is 2.89. The Balaban J connectivity index is 2.13. The molecule has 19 heavy (non-hydrogen) atoms. The largest absolute Gasteiger partial charge is 0.379 e. The zero-order chi connectivity index (χ0) is 13.8. The normalized spacial score (nSPS) is 21.9. The van der Waals surface area contributed by atoms with Crippen molar-refractivity contribution in [3.63, 3.8) is 0 Å². The Bertz CT molecular complexity index is 527. The van der Waals surface area contributed by atoms with Crippen molar-refractivity contribution in [3.05, 3.63) is 28.8 Å². The number of likely N-dealkylation sites (N-methyl/N-ethyl adjacent to an activating group) is 1. The second-order valence-electron chi connectivity index (χ2n) is 4.33. The lowest BCUT2D eigenvalue weighted by Crippen LogP contribution is -2.39. The van der Waals surface area contributed by atoms with Gasteiger partial charge in [0.25, 0.3) is 0 Å². The number of carbonyl (C=O) groups is 1. The molecule has 1 aromatic carbocycles. The third kappa shape index (κ3) is 3.04. The third-order valence-corrected chi connectivity index (χ3v) is 3.47. The molecule has 0 spiro atoms. The number of nitrogens with one attached hydrogen (secondary N) is 2. The molecule has 5 nitrogen and oxygen atoms in total. The number of amides is 1. The van der Waals surface area contributed by atoms with E-state index in [1.165, 1.54) is 0 Å². The quantitative estimate of drug-likeness (QED) is 0.877. The van der Waals surface area contributed by atoms with E-state index in [1.54, 1.807) is 25.2 Å². The van der Waals surface area contributed by atoms with Crippen molar-refractivity contribution < 1.29 is 9.53 Å². The average molecular weight is 280 g/mol. The summed E-state index contributed by atoms with van der Waals surface area (Å²) < 4.78 is 5.29. The Morgan fingerprint density at radius 1 is 1.53 bits per heavy atom. The topological polar surface area (TPSA) is 74.2 Å². The van der Waals surface area contributed by atoms with Crippen LogP contribution in [0.1, 0.15) is 5.56 Å². The molecule has 1 heterocycles. The minimum absolute atomic E-state index is 0.00192. The van der Waals surface area contributed by atoms with Gasteiger partial charge in [-0.3, -0.25) is 4.79 Å². The second-order valence-corrected chi connectivity index (χ2v) is 4.74. The van der Waals surface area contributed by atoms with Gasteiger partial charge in [-0.2, -0.15) is 5.26 Å². The fourth-order valence-electron chi connectivity index (χ4n) is 2.01.